The quantitative estimate of drug-likeness (QED) is 0.742. The molecule has 1 atom stereocenters. The van der Waals surface area contributed by atoms with Crippen LogP contribution in [-0.2, 0) is 0 Å². The minimum Gasteiger partial charge on any atom is -0.390 e. The largest absolute Gasteiger partial charge is 0.390 e. The summed E-state index contributed by atoms with van der Waals surface area (Å²) in [7, 11) is 0. The summed E-state index contributed by atoms with van der Waals surface area (Å²) in [5.41, 5.74) is 0.00146. The molecule has 0 aromatic carbocycles. The lowest BCUT2D eigenvalue weighted by molar-refractivity contribution is -0.0468. The van der Waals surface area contributed by atoms with Crippen LogP contribution in [0, 0.1) is 11.3 Å². The highest BCUT2D eigenvalue weighted by Gasteiger charge is 2.37. The van der Waals surface area contributed by atoms with Gasteiger partial charge in [0.25, 0.3) is 0 Å². The molecule has 1 nitrogen and oxygen atoms in total. The molecule has 0 bridgehead atoms. The van der Waals surface area contributed by atoms with Gasteiger partial charge in [0.15, 0.2) is 0 Å². The van der Waals surface area contributed by atoms with Crippen LogP contribution < -0.4 is 0 Å². The minimum atomic E-state index is -0.351. The highest BCUT2D eigenvalue weighted by atomic mass is 16.3. The molecule has 0 spiro atoms. The summed E-state index contributed by atoms with van der Waals surface area (Å²) in [6, 6.07) is 0. The normalized spacial score (nSPS) is 30.8. The van der Waals surface area contributed by atoms with Gasteiger partial charge in [0, 0.05) is 0 Å². The number of hydrogen-bond acceptors (Lipinski definition) is 1. The lowest BCUT2D eigenvalue weighted by Crippen LogP contribution is -2.38. The second kappa shape index (κ2) is 4.86. The van der Waals surface area contributed by atoms with E-state index in [1.807, 2.05) is 0 Å². The predicted molar refractivity (Wildman–Crippen MR) is 65.9 cm³/mol. The first-order valence-electron chi connectivity index (χ1n) is 6.55. The van der Waals surface area contributed by atoms with E-state index in [4.69, 9.17) is 0 Å². The van der Waals surface area contributed by atoms with Gasteiger partial charge in [-0.3, -0.25) is 0 Å². The molecule has 15 heavy (non-hydrogen) atoms. The fourth-order valence-corrected chi connectivity index (χ4v) is 3.02. The number of hydrogen-bond donors (Lipinski definition) is 1. The van der Waals surface area contributed by atoms with E-state index in [2.05, 4.69) is 27.7 Å². The third-order valence-electron chi connectivity index (χ3n) is 3.73. The smallest absolute Gasteiger partial charge is 0.0653 e. The van der Waals surface area contributed by atoms with E-state index in [1.54, 1.807) is 0 Å². The molecule has 0 saturated heterocycles. The van der Waals surface area contributed by atoms with Crippen LogP contribution in [0.1, 0.15) is 72.6 Å². The van der Waals surface area contributed by atoms with Gasteiger partial charge < -0.3 is 5.11 Å². The average Bonchev–Trinajstić information content (AvgIpc) is 1.99. The number of aliphatic hydroxyl groups is 1. The van der Waals surface area contributed by atoms with Gasteiger partial charge in [-0.25, -0.2) is 0 Å². The first-order valence-corrected chi connectivity index (χ1v) is 6.55. The zero-order valence-electron chi connectivity index (χ0n) is 11.0. The van der Waals surface area contributed by atoms with Crippen molar-refractivity contribution in [1.82, 2.24) is 0 Å². The Morgan fingerprint density at radius 3 is 2.40 bits per heavy atom. The Kier molecular flexibility index (Phi) is 4.22. The fraction of sp³-hybridized carbons (Fsp3) is 1.00. The van der Waals surface area contributed by atoms with Crippen molar-refractivity contribution < 1.29 is 5.11 Å². The molecule has 1 aliphatic carbocycles. The lowest BCUT2D eigenvalue weighted by atomic mass is 9.68. The van der Waals surface area contributed by atoms with E-state index in [9.17, 15) is 5.11 Å². The molecule has 1 rings (SSSR count). The highest BCUT2D eigenvalue weighted by molar-refractivity contribution is 4.90. The minimum absolute atomic E-state index is 0.351. The molecule has 1 fully saturated rings. The van der Waals surface area contributed by atoms with E-state index in [1.165, 1.54) is 25.7 Å². The van der Waals surface area contributed by atoms with Crippen molar-refractivity contribution in [2.75, 3.05) is 0 Å². The second-order valence-corrected chi connectivity index (χ2v) is 6.70. The Morgan fingerprint density at radius 2 is 1.87 bits per heavy atom. The van der Waals surface area contributed by atoms with Crippen LogP contribution in [0.15, 0.2) is 0 Å². The molecular weight excluding hydrogens is 184 g/mol. The maximum Gasteiger partial charge on any atom is 0.0653 e. The fourth-order valence-electron chi connectivity index (χ4n) is 3.02. The van der Waals surface area contributed by atoms with Gasteiger partial charge in [-0.15, -0.1) is 0 Å². The van der Waals surface area contributed by atoms with Crippen molar-refractivity contribution in [1.29, 1.82) is 0 Å². The van der Waals surface area contributed by atoms with E-state index in [-0.39, 0.29) is 5.60 Å². The summed E-state index contributed by atoms with van der Waals surface area (Å²) in [5.74, 6) is 0.769. The molecule has 1 N–H and O–H groups in total. The van der Waals surface area contributed by atoms with Crippen molar-refractivity contribution in [2.45, 2.75) is 78.2 Å². The standard InChI is InChI=1S/C14H28O/c1-12(2)7-5-9-14(15)10-6-8-13(3,4)11-14/h12,15H,5-11H2,1-4H3. The third kappa shape index (κ3) is 4.55. The molecule has 0 aromatic heterocycles. The molecule has 0 aliphatic heterocycles. The zero-order valence-corrected chi connectivity index (χ0v) is 11.0. The van der Waals surface area contributed by atoms with Gasteiger partial charge >= 0.3 is 0 Å². The van der Waals surface area contributed by atoms with Crippen LogP contribution in [0.5, 0.6) is 0 Å². The van der Waals surface area contributed by atoms with Gasteiger partial charge in [0.2, 0.25) is 0 Å². The van der Waals surface area contributed by atoms with Crippen LogP contribution in [0.3, 0.4) is 0 Å². The van der Waals surface area contributed by atoms with Crippen LogP contribution >= 0.6 is 0 Å². The predicted octanol–water partition coefficient (Wildman–Crippen LogP) is 4.14. The van der Waals surface area contributed by atoms with Crippen molar-refractivity contribution in [3.8, 4) is 0 Å². The summed E-state index contributed by atoms with van der Waals surface area (Å²) < 4.78 is 0. The van der Waals surface area contributed by atoms with Crippen LogP contribution in [-0.4, -0.2) is 10.7 Å². The van der Waals surface area contributed by atoms with Crippen molar-refractivity contribution in [3.63, 3.8) is 0 Å². The second-order valence-electron chi connectivity index (χ2n) is 6.70. The molecule has 1 saturated carbocycles. The average molecular weight is 212 g/mol. The molecule has 1 aliphatic rings. The summed E-state index contributed by atoms with van der Waals surface area (Å²) in [5, 5.41) is 10.5. The maximum absolute atomic E-state index is 10.5. The first kappa shape index (κ1) is 13.0. The molecule has 0 amide bonds. The monoisotopic (exact) mass is 212 g/mol. The highest BCUT2D eigenvalue weighted by Crippen LogP contribution is 2.43. The molecule has 0 aromatic rings. The first-order chi connectivity index (χ1) is 6.83. The van der Waals surface area contributed by atoms with Crippen molar-refractivity contribution >= 4 is 0 Å². The van der Waals surface area contributed by atoms with Gasteiger partial charge in [-0.2, -0.15) is 0 Å². The summed E-state index contributed by atoms with van der Waals surface area (Å²) in [4.78, 5) is 0. The van der Waals surface area contributed by atoms with Crippen molar-refractivity contribution in [2.24, 2.45) is 11.3 Å². The molecule has 1 unspecified atom stereocenters. The maximum atomic E-state index is 10.5. The Morgan fingerprint density at radius 1 is 1.20 bits per heavy atom. The molecule has 0 radical (unpaired) electrons. The molecule has 0 heterocycles. The SMILES string of the molecule is CC(C)CCCC1(O)CCCC(C)(C)C1. The summed E-state index contributed by atoms with van der Waals surface area (Å²) >= 11 is 0. The molecule has 90 valence electrons. The topological polar surface area (TPSA) is 20.2 Å². The van der Waals surface area contributed by atoms with Gasteiger partial charge in [0.05, 0.1) is 5.60 Å². The Hall–Kier alpha value is -0.0400. The Labute approximate surface area is 95.3 Å². The van der Waals surface area contributed by atoms with Crippen LogP contribution in [0.2, 0.25) is 0 Å². The van der Waals surface area contributed by atoms with Gasteiger partial charge in [-0.1, -0.05) is 47.0 Å². The van der Waals surface area contributed by atoms with E-state index in [0.717, 1.165) is 25.2 Å². The number of rotatable bonds is 4. The lowest BCUT2D eigenvalue weighted by Gasteiger charge is -2.41. The van der Waals surface area contributed by atoms with Crippen molar-refractivity contribution in [3.05, 3.63) is 0 Å². The molecule has 1 heteroatoms. The van der Waals surface area contributed by atoms with Crippen LogP contribution in [0.4, 0.5) is 0 Å². The summed E-state index contributed by atoms with van der Waals surface area (Å²) in [6.07, 6.45) is 7.94. The third-order valence-corrected chi connectivity index (χ3v) is 3.73. The molecular formula is C14H28O. The Bertz CT molecular complexity index is 196. The van der Waals surface area contributed by atoms with Gasteiger partial charge in [-0.05, 0) is 37.0 Å². The van der Waals surface area contributed by atoms with E-state index < -0.39 is 0 Å². The Balaban J connectivity index is 2.37. The van der Waals surface area contributed by atoms with Gasteiger partial charge in [0.1, 0.15) is 0 Å². The van der Waals surface area contributed by atoms with E-state index in [0.29, 0.717) is 5.41 Å². The van der Waals surface area contributed by atoms with E-state index >= 15 is 0 Å². The zero-order chi connectivity index (χ0) is 11.5. The van der Waals surface area contributed by atoms with Crippen LogP contribution in [0.25, 0.3) is 0 Å². The summed E-state index contributed by atoms with van der Waals surface area (Å²) in [6.45, 7) is 9.10.